The third-order valence-electron chi connectivity index (χ3n) is 1.44. The van der Waals surface area contributed by atoms with Gasteiger partial charge in [-0.05, 0) is 18.2 Å². The summed E-state index contributed by atoms with van der Waals surface area (Å²) in [7, 11) is 3.82. The Kier molecular flexibility index (Phi) is 2.40. The fourth-order valence-corrected chi connectivity index (χ4v) is 0.903. The van der Waals surface area contributed by atoms with E-state index in [4.69, 9.17) is 11.5 Å². The Morgan fingerprint density at radius 2 is 1.83 bits per heavy atom. The van der Waals surface area contributed by atoms with E-state index in [0.29, 0.717) is 11.4 Å². The van der Waals surface area contributed by atoms with Crippen molar-refractivity contribution in [1.82, 2.24) is 5.01 Å². The molecule has 4 heteroatoms. The average molecular weight is 166 g/mol. The van der Waals surface area contributed by atoms with Gasteiger partial charge >= 0.3 is 0 Å². The summed E-state index contributed by atoms with van der Waals surface area (Å²) in [5.74, 6) is 0. The summed E-state index contributed by atoms with van der Waals surface area (Å²) in [6.45, 7) is 0. The first-order chi connectivity index (χ1) is 5.59. The lowest BCUT2D eigenvalue weighted by Crippen LogP contribution is -2.19. The fourth-order valence-electron chi connectivity index (χ4n) is 0.903. The number of hydrogen-bond acceptors (Lipinski definition) is 4. The molecule has 0 atom stereocenters. The highest BCUT2D eigenvalue weighted by molar-refractivity contribution is 5.68. The molecule has 66 valence electrons. The Hall–Kier alpha value is -1.42. The van der Waals surface area contributed by atoms with Crippen LogP contribution in [0.25, 0.3) is 0 Å². The minimum Gasteiger partial charge on any atom is -0.397 e. The Balaban J connectivity index is 2.82. The molecule has 0 spiro atoms. The molecule has 0 saturated heterocycles. The second-order valence-electron chi connectivity index (χ2n) is 2.85. The third-order valence-corrected chi connectivity index (χ3v) is 1.44. The SMILES string of the molecule is CN(C)Nc1ccc(N)c(N)c1. The molecule has 0 bridgehead atoms. The summed E-state index contributed by atoms with van der Waals surface area (Å²) in [6, 6.07) is 5.46. The van der Waals surface area contributed by atoms with Crippen molar-refractivity contribution in [2.75, 3.05) is 31.0 Å². The summed E-state index contributed by atoms with van der Waals surface area (Å²) in [6.07, 6.45) is 0. The summed E-state index contributed by atoms with van der Waals surface area (Å²) in [5.41, 5.74) is 16.4. The van der Waals surface area contributed by atoms with Crippen molar-refractivity contribution in [2.24, 2.45) is 0 Å². The molecular weight excluding hydrogens is 152 g/mol. The number of rotatable bonds is 2. The summed E-state index contributed by atoms with van der Waals surface area (Å²) in [5, 5.41) is 1.84. The maximum Gasteiger partial charge on any atom is 0.0569 e. The van der Waals surface area contributed by atoms with Crippen LogP contribution in [0.2, 0.25) is 0 Å². The molecule has 0 unspecified atom stereocenters. The van der Waals surface area contributed by atoms with Gasteiger partial charge in [-0.15, -0.1) is 0 Å². The number of nitrogens with zero attached hydrogens (tertiary/aromatic N) is 1. The fraction of sp³-hybridized carbons (Fsp3) is 0.250. The molecule has 0 aliphatic rings. The van der Waals surface area contributed by atoms with Gasteiger partial charge in [0.05, 0.1) is 17.1 Å². The molecule has 12 heavy (non-hydrogen) atoms. The number of nitrogens with two attached hydrogens (primary N) is 2. The van der Waals surface area contributed by atoms with Crippen molar-refractivity contribution < 1.29 is 0 Å². The molecule has 0 amide bonds. The van der Waals surface area contributed by atoms with Crippen molar-refractivity contribution in [3.05, 3.63) is 18.2 Å². The Morgan fingerprint density at radius 1 is 1.17 bits per heavy atom. The first-order valence-electron chi connectivity index (χ1n) is 3.68. The van der Waals surface area contributed by atoms with E-state index in [1.807, 2.05) is 25.2 Å². The molecule has 0 aliphatic carbocycles. The number of hydrogen-bond donors (Lipinski definition) is 3. The molecule has 1 aromatic carbocycles. The van der Waals surface area contributed by atoms with Crippen LogP contribution >= 0.6 is 0 Å². The Bertz CT molecular complexity index is 270. The van der Waals surface area contributed by atoms with Gasteiger partial charge in [0.2, 0.25) is 0 Å². The molecule has 1 rings (SSSR count). The lowest BCUT2D eigenvalue weighted by atomic mass is 10.2. The van der Waals surface area contributed by atoms with E-state index in [1.165, 1.54) is 0 Å². The van der Waals surface area contributed by atoms with E-state index in [2.05, 4.69) is 5.43 Å². The average Bonchev–Trinajstić information content (AvgIpc) is 1.96. The predicted molar refractivity (Wildman–Crippen MR) is 52.6 cm³/mol. The Morgan fingerprint density at radius 3 is 2.33 bits per heavy atom. The van der Waals surface area contributed by atoms with Crippen molar-refractivity contribution in [1.29, 1.82) is 0 Å². The van der Waals surface area contributed by atoms with Crippen LogP contribution in [0.1, 0.15) is 0 Å². The van der Waals surface area contributed by atoms with Crippen molar-refractivity contribution in [2.45, 2.75) is 0 Å². The van der Waals surface area contributed by atoms with E-state index in [-0.39, 0.29) is 0 Å². The largest absolute Gasteiger partial charge is 0.397 e. The molecule has 0 heterocycles. The van der Waals surface area contributed by atoms with Crippen LogP contribution < -0.4 is 16.9 Å². The molecule has 5 N–H and O–H groups in total. The van der Waals surface area contributed by atoms with E-state index in [0.717, 1.165) is 5.69 Å². The van der Waals surface area contributed by atoms with Gasteiger partial charge < -0.3 is 16.9 Å². The van der Waals surface area contributed by atoms with Crippen LogP contribution in [0.15, 0.2) is 18.2 Å². The van der Waals surface area contributed by atoms with Crippen LogP contribution in [0.4, 0.5) is 17.1 Å². The molecule has 0 aliphatic heterocycles. The van der Waals surface area contributed by atoms with Gasteiger partial charge in [-0.25, -0.2) is 5.01 Å². The quantitative estimate of drug-likeness (QED) is 0.448. The van der Waals surface area contributed by atoms with Crippen LogP contribution in [-0.2, 0) is 0 Å². The zero-order valence-corrected chi connectivity index (χ0v) is 7.33. The van der Waals surface area contributed by atoms with Gasteiger partial charge in [-0.2, -0.15) is 0 Å². The number of nitrogen functional groups attached to an aromatic ring is 2. The van der Waals surface area contributed by atoms with Gasteiger partial charge in [-0.3, -0.25) is 0 Å². The topological polar surface area (TPSA) is 67.3 Å². The summed E-state index contributed by atoms with van der Waals surface area (Å²) < 4.78 is 0. The monoisotopic (exact) mass is 166 g/mol. The molecule has 0 radical (unpaired) electrons. The van der Waals surface area contributed by atoms with E-state index in [9.17, 15) is 0 Å². The van der Waals surface area contributed by atoms with E-state index >= 15 is 0 Å². The van der Waals surface area contributed by atoms with Crippen molar-refractivity contribution in [3.8, 4) is 0 Å². The number of anilines is 3. The van der Waals surface area contributed by atoms with Crippen LogP contribution in [0.5, 0.6) is 0 Å². The van der Waals surface area contributed by atoms with Gasteiger partial charge in [0.15, 0.2) is 0 Å². The second kappa shape index (κ2) is 3.32. The molecule has 0 fully saturated rings. The van der Waals surface area contributed by atoms with Crippen LogP contribution in [0, 0.1) is 0 Å². The normalized spacial score (nSPS) is 10.2. The van der Waals surface area contributed by atoms with Crippen molar-refractivity contribution >= 4 is 17.1 Å². The first kappa shape index (κ1) is 8.67. The molecule has 4 nitrogen and oxygen atoms in total. The van der Waals surface area contributed by atoms with Crippen molar-refractivity contribution in [3.63, 3.8) is 0 Å². The highest BCUT2D eigenvalue weighted by atomic mass is 15.5. The molecule has 0 saturated carbocycles. The van der Waals surface area contributed by atoms with Crippen LogP contribution in [-0.4, -0.2) is 19.1 Å². The zero-order valence-electron chi connectivity index (χ0n) is 7.33. The summed E-state index contributed by atoms with van der Waals surface area (Å²) in [4.78, 5) is 0. The number of hydrazine groups is 1. The summed E-state index contributed by atoms with van der Waals surface area (Å²) >= 11 is 0. The standard InChI is InChI=1S/C8H14N4/c1-12(2)11-6-3-4-7(9)8(10)5-6/h3-5,11H,9-10H2,1-2H3. The maximum atomic E-state index is 5.61. The Labute approximate surface area is 72.1 Å². The zero-order chi connectivity index (χ0) is 9.14. The lowest BCUT2D eigenvalue weighted by molar-refractivity contribution is 0.495. The molecule has 0 aromatic heterocycles. The number of nitrogens with one attached hydrogen (secondary N) is 1. The van der Waals surface area contributed by atoms with E-state index in [1.54, 1.807) is 12.1 Å². The maximum absolute atomic E-state index is 5.61. The number of benzene rings is 1. The minimum atomic E-state index is 0.599. The van der Waals surface area contributed by atoms with Crippen LogP contribution in [0.3, 0.4) is 0 Å². The van der Waals surface area contributed by atoms with Gasteiger partial charge in [-0.1, -0.05) is 0 Å². The predicted octanol–water partition coefficient (Wildman–Crippen LogP) is 0.740. The van der Waals surface area contributed by atoms with E-state index < -0.39 is 0 Å². The highest BCUT2D eigenvalue weighted by Gasteiger charge is 1.96. The highest BCUT2D eigenvalue weighted by Crippen LogP contribution is 2.19. The third kappa shape index (κ3) is 2.03. The molecular formula is C8H14N4. The molecule has 1 aromatic rings. The van der Waals surface area contributed by atoms with Gasteiger partial charge in [0, 0.05) is 14.1 Å². The first-order valence-corrected chi connectivity index (χ1v) is 3.68. The van der Waals surface area contributed by atoms with Gasteiger partial charge in [0.25, 0.3) is 0 Å². The smallest absolute Gasteiger partial charge is 0.0569 e. The minimum absolute atomic E-state index is 0.599. The second-order valence-corrected chi connectivity index (χ2v) is 2.85. The van der Waals surface area contributed by atoms with Gasteiger partial charge in [0.1, 0.15) is 0 Å². The lowest BCUT2D eigenvalue weighted by Gasteiger charge is -2.14.